The highest BCUT2D eigenvalue weighted by molar-refractivity contribution is 5.91. The number of pyridine rings is 1. The molecule has 1 aliphatic carbocycles. The highest BCUT2D eigenvalue weighted by Gasteiger charge is 2.34. The van der Waals surface area contributed by atoms with Crippen molar-refractivity contribution in [2.24, 2.45) is 11.8 Å². The number of aromatic amines is 1. The summed E-state index contributed by atoms with van der Waals surface area (Å²) in [6, 6.07) is 4.07. The molecule has 2 aliphatic heterocycles. The number of piperidine rings is 1. The Bertz CT molecular complexity index is 586. The average Bonchev–Trinajstić information content (AvgIpc) is 2.68. The highest BCUT2D eigenvalue weighted by atomic mass is 16.5. The topological polar surface area (TPSA) is 46.9 Å². The van der Waals surface area contributed by atoms with Gasteiger partial charge in [-0.25, -0.2) is 4.98 Å². The van der Waals surface area contributed by atoms with Gasteiger partial charge in [0.2, 0.25) is 0 Å². The van der Waals surface area contributed by atoms with E-state index in [2.05, 4.69) is 20.9 Å². The number of morpholine rings is 1. The summed E-state index contributed by atoms with van der Waals surface area (Å²) in [7, 11) is 0. The van der Waals surface area contributed by atoms with E-state index in [4.69, 9.17) is 4.74 Å². The summed E-state index contributed by atoms with van der Waals surface area (Å²) in [5.41, 5.74) is 1.83. The molecule has 2 saturated heterocycles. The van der Waals surface area contributed by atoms with Crippen LogP contribution >= 0.6 is 0 Å². The molecule has 0 unspecified atom stereocenters. The van der Waals surface area contributed by atoms with E-state index in [0.717, 1.165) is 56.9 Å². The first-order chi connectivity index (χ1) is 11.8. The number of nitrogens with one attached hydrogen (secondary N) is 1. The largest absolute Gasteiger partial charge is 0.378 e. The quantitative estimate of drug-likeness (QED) is 0.833. The number of ether oxygens (including phenoxy) is 1. The normalized spacial score (nSPS) is 27.7. The molecule has 5 nitrogen and oxygen atoms in total. The van der Waals surface area contributed by atoms with Crippen molar-refractivity contribution in [1.82, 2.24) is 4.90 Å². The molecule has 0 spiro atoms. The van der Waals surface area contributed by atoms with Gasteiger partial charge in [-0.05, 0) is 24.7 Å². The lowest BCUT2D eigenvalue weighted by molar-refractivity contribution is -0.382. The number of anilines is 1. The predicted molar refractivity (Wildman–Crippen MR) is 92.0 cm³/mol. The number of nitrogens with zero attached hydrogens (tertiary/aromatic N) is 2. The molecule has 130 valence electrons. The van der Waals surface area contributed by atoms with Crippen molar-refractivity contribution in [3.63, 3.8) is 0 Å². The molecule has 1 amide bonds. The SMILES string of the molecule is O=C(c1cc(N2CCOCC2)cc[nH+]1)N1CC[C@H]2CCCC[C@H]2C1. The Kier molecular flexibility index (Phi) is 4.69. The minimum Gasteiger partial charge on any atom is -0.378 e. The number of likely N-dealkylation sites (tertiary alicyclic amines) is 1. The molecule has 1 N–H and O–H groups in total. The van der Waals surface area contributed by atoms with Gasteiger partial charge in [-0.3, -0.25) is 4.79 Å². The molecule has 5 heteroatoms. The number of carbonyl (C=O) groups is 1. The molecule has 24 heavy (non-hydrogen) atoms. The van der Waals surface area contributed by atoms with Crippen molar-refractivity contribution in [2.45, 2.75) is 32.1 Å². The molecule has 1 saturated carbocycles. The fraction of sp³-hybridized carbons (Fsp3) is 0.684. The van der Waals surface area contributed by atoms with E-state index in [1.54, 1.807) is 0 Å². The Morgan fingerprint density at radius 1 is 1.08 bits per heavy atom. The lowest BCUT2D eigenvalue weighted by Gasteiger charge is -2.40. The van der Waals surface area contributed by atoms with E-state index in [1.807, 2.05) is 12.3 Å². The zero-order chi connectivity index (χ0) is 16.4. The molecule has 1 aromatic rings. The van der Waals surface area contributed by atoms with Crippen LogP contribution in [0, 0.1) is 11.8 Å². The summed E-state index contributed by atoms with van der Waals surface area (Å²) in [5, 5.41) is 0. The number of carbonyl (C=O) groups excluding carboxylic acids is 1. The number of rotatable bonds is 2. The Morgan fingerprint density at radius 2 is 1.88 bits per heavy atom. The molecule has 2 atom stereocenters. The van der Waals surface area contributed by atoms with E-state index in [9.17, 15) is 4.79 Å². The molecular formula is C19H28N3O2+. The molecule has 3 heterocycles. The monoisotopic (exact) mass is 330 g/mol. The summed E-state index contributed by atoms with van der Waals surface area (Å²) in [6.45, 7) is 5.17. The van der Waals surface area contributed by atoms with Crippen LogP contribution in [0.2, 0.25) is 0 Å². The smallest absolute Gasteiger partial charge is 0.318 e. The van der Waals surface area contributed by atoms with Gasteiger partial charge < -0.3 is 14.5 Å². The van der Waals surface area contributed by atoms with Crippen molar-refractivity contribution in [3.05, 3.63) is 24.0 Å². The van der Waals surface area contributed by atoms with E-state index in [1.165, 1.54) is 32.1 Å². The fourth-order valence-corrected chi connectivity index (χ4v) is 4.55. The molecular weight excluding hydrogens is 302 g/mol. The third-order valence-electron chi connectivity index (χ3n) is 5.97. The van der Waals surface area contributed by atoms with Crippen LogP contribution in [0.3, 0.4) is 0 Å². The highest BCUT2D eigenvalue weighted by Crippen LogP contribution is 2.36. The summed E-state index contributed by atoms with van der Waals surface area (Å²) < 4.78 is 5.42. The lowest BCUT2D eigenvalue weighted by Crippen LogP contribution is -2.46. The molecule has 3 fully saturated rings. The molecule has 0 radical (unpaired) electrons. The second-order valence-corrected chi connectivity index (χ2v) is 7.40. The zero-order valence-electron chi connectivity index (χ0n) is 14.4. The van der Waals surface area contributed by atoms with Crippen molar-refractivity contribution >= 4 is 11.6 Å². The van der Waals surface area contributed by atoms with Crippen molar-refractivity contribution < 1.29 is 14.5 Å². The first kappa shape index (κ1) is 15.9. The third-order valence-corrected chi connectivity index (χ3v) is 5.97. The van der Waals surface area contributed by atoms with Crippen molar-refractivity contribution in [2.75, 3.05) is 44.3 Å². The van der Waals surface area contributed by atoms with Crippen LogP contribution < -0.4 is 9.88 Å². The minimum atomic E-state index is 0.161. The number of fused-ring (bicyclic) bond motifs is 1. The fourth-order valence-electron chi connectivity index (χ4n) is 4.55. The third kappa shape index (κ3) is 3.27. The van der Waals surface area contributed by atoms with Gasteiger partial charge >= 0.3 is 5.91 Å². The van der Waals surface area contributed by atoms with Crippen LogP contribution in [0.4, 0.5) is 5.69 Å². The van der Waals surface area contributed by atoms with Crippen molar-refractivity contribution in [3.8, 4) is 0 Å². The van der Waals surface area contributed by atoms with E-state index < -0.39 is 0 Å². The Morgan fingerprint density at radius 3 is 2.71 bits per heavy atom. The maximum atomic E-state index is 13.0. The van der Waals surface area contributed by atoms with Crippen LogP contribution in [-0.4, -0.2) is 50.2 Å². The molecule has 0 bridgehead atoms. The van der Waals surface area contributed by atoms with Crippen LogP contribution in [0.25, 0.3) is 0 Å². The summed E-state index contributed by atoms with van der Waals surface area (Å²) >= 11 is 0. The summed E-state index contributed by atoms with van der Waals surface area (Å²) in [4.78, 5) is 20.5. The Labute approximate surface area is 144 Å². The van der Waals surface area contributed by atoms with Gasteiger partial charge in [0, 0.05) is 44.0 Å². The summed E-state index contributed by atoms with van der Waals surface area (Å²) in [5.74, 6) is 1.74. The molecule has 3 aliphatic rings. The standard InChI is InChI=1S/C19H27N3O2/c23-19(22-8-6-15-3-1-2-4-16(15)14-22)18-13-17(5-7-20-18)21-9-11-24-12-10-21/h5,7,13,15-16H,1-4,6,8-12,14H2/p+1/t15-,16+/m1/s1. The van der Waals surface area contributed by atoms with Gasteiger partial charge in [0.15, 0.2) is 6.20 Å². The predicted octanol–water partition coefficient (Wildman–Crippen LogP) is 1.99. The van der Waals surface area contributed by atoms with Crippen LogP contribution in [0.15, 0.2) is 18.3 Å². The van der Waals surface area contributed by atoms with Crippen molar-refractivity contribution in [1.29, 1.82) is 0 Å². The molecule has 1 aromatic heterocycles. The van der Waals surface area contributed by atoms with Crippen LogP contribution in [-0.2, 0) is 4.74 Å². The van der Waals surface area contributed by atoms with Gasteiger partial charge in [-0.2, -0.15) is 0 Å². The second-order valence-electron chi connectivity index (χ2n) is 7.40. The maximum Gasteiger partial charge on any atom is 0.318 e. The number of hydrogen-bond acceptors (Lipinski definition) is 3. The number of hydrogen-bond donors (Lipinski definition) is 0. The first-order valence-electron chi connectivity index (χ1n) is 9.45. The lowest BCUT2D eigenvalue weighted by atomic mass is 9.75. The maximum absolute atomic E-state index is 13.0. The Balaban J connectivity index is 1.46. The number of H-pyrrole nitrogens is 1. The first-order valence-corrected chi connectivity index (χ1v) is 9.45. The number of aromatic nitrogens is 1. The molecule has 4 rings (SSSR count). The Hall–Kier alpha value is -1.62. The van der Waals surface area contributed by atoms with Gasteiger partial charge in [-0.15, -0.1) is 0 Å². The van der Waals surface area contributed by atoms with Gasteiger partial charge in [0.25, 0.3) is 5.69 Å². The van der Waals surface area contributed by atoms with E-state index >= 15 is 0 Å². The second kappa shape index (κ2) is 7.09. The molecule has 0 aromatic carbocycles. The van der Waals surface area contributed by atoms with E-state index in [-0.39, 0.29) is 5.91 Å². The van der Waals surface area contributed by atoms with Gasteiger partial charge in [0.05, 0.1) is 13.2 Å². The average molecular weight is 330 g/mol. The van der Waals surface area contributed by atoms with Crippen LogP contribution in [0.5, 0.6) is 0 Å². The summed E-state index contributed by atoms with van der Waals surface area (Å²) in [6.07, 6.45) is 8.45. The zero-order valence-corrected chi connectivity index (χ0v) is 14.4. The van der Waals surface area contributed by atoms with Gasteiger partial charge in [0.1, 0.15) is 0 Å². The van der Waals surface area contributed by atoms with Crippen LogP contribution in [0.1, 0.15) is 42.6 Å². The number of amides is 1. The van der Waals surface area contributed by atoms with Gasteiger partial charge in [-0.1, -0.05) is 19.3 Å². The van der Waals surface area contributed by atoms with E-state index in [0.29, 0.717) is 5.69 Å². The minimum absolute atomic E-state index is 0.161.